The van der Waals surface area contributed by atoms with E-state index in [-0.39, 0.29) is 0 Å². The van der Waals surface area contributed by atoms with Crippen molar-refractivity contribution in [2.24, 2.45) is 17.3 Å². The van der Waals surface area contributed by atoms with E-state index in [2.05, 4.69) is 25.8 Å². The van der Waals surface area contributed by atoms with Gasteiger partial charge in [-0.15, -0.1) is 12.6 Å². The summed E-state index contributed by atoms with van der Waals surface area (Å²) in [5, 5.41) is 0. The Bertz CT molecular complexity index is 360. The van der Waals surface area contributed by atoms with Gasteiger partial charge in [0.2, 0.25) is 0 Å². The number of hydrogen-bond donors (Lipinski definition) is 1. The Balaban J connectivity index is 1.96. The third kappa shape index (κ3) is 1.56. The fraction of sp³-hybridized carbons (Fsp3) is 0.867. The van der Waals surface area contributed by atoms with Gasteiger partial charge in [0.15, 0.2) is 0 Å². The summed E-state index contributed by atoms with van der Waals surface area (Å²) in [6, 6.07) is 0.872. The molecule has 2 heteroatoms. The van der Waals surface area contributed by atoms with Gasteiger partial charge in [-0.1, -0.05) is 19.4 Å². The van der Waals surface area contributed by atoms with E-state index >= 15 is 0 Å². The molecule has 2 fully saturated rings. The van der Waals surface area contributed by atoms with Crippen LogP contribution in [0.15, 0.2) is 10.5 Å². The molecule has 3 unspecified atom stereocenters. The van der Waals surface area contributed by atoms with Crippen molar-refractivity contribution in [1.82, 2.24) is 4.90 Å². The highest BCUT2D eigenvalue weighted by atomic mass is 32.1. The average Bonchev–Trinajstić information content (AvgIpc) is 2.50. The van der Waals surface area contributed by atoms with Crippen LogP contribution in [0.5, 0.6) is 0 Å². The van der Waals surface area contributed by atoms with Gasteiger partial charge >= 0.3 is 0 Å². The van der Waals surface area contributed by atoms with Crippen LogP contribution in [0.1, 0.15) is 46.0 Å². The van der Waals surface area contributed by atoms with Crippen LogP contribution in [0.2, 0.25) is 0 Å². The van der Waals surface area contributed by atoms with Gasteiger partial charge < -0.3 is 4.90 Å². The van der Waals surface area contributed by atoms with Crippen LogP contribution in [-0.4, -0.2) is 24.5 Å². The molecule has 3 rings (SSSR count). The molecule has 17 heavy (non-hydrogen) atoms. The van der Waals surface area contributed by atoms with Gasteiger partial charge in [0.1, 0.15) is 0 Å². The van der Waals surface area contributed by atoms with Crippen molar-refractivity contribution in [3.8, 4) is 0 Å². The van der Waals surface area contributed by atoms with Crippen LogP contribution in [0.3, 0.4) is 0 Å². The minimum atomic E-state index is 0.542. The number of thiol groups is 1. The standard InChI is InChI=1S/C15H25NS/c1-10(2)14-13(17)6-7-15(14)8-9-16(3)12-5-4-11(12)15/h10-12,17H,4-9H2,1-3H3. The van der Waals surface area contributed by atoms with E-state index in [4.69, 9.17) is 12.6 Å². The van der Waals surface area contributed by atoms with Gasteiger partial charge in [0, 0.05) is 6.04 Å². The second kappa shape index (κ2) is 4.03. The number of fused-ring (bicyclic) bond motifs is 2. The molecule has 1 heterocycles. The number of hydrogen-bond acceptors (Lipinski definition) is 2. The summed E-state index contributed by atoms with van der Waals surface area (Å²) < 4.78 is 0. The molecule has 0 N–H and O–H groups in total. The Morgan fingerprint density at radius 1 is 1.29 bits per heavy atom. The van der Waals surface area contributed by atoms with E-state index in [0.29, 0.717) is 11.3 Å². The van der Waals surface area contributed by atoms with Crippen LogP contribution in [0, 0.1) is 17.3 Å². The van der Waals surface area contributed by atoms with E-state index in [1.54, 1.807) is 5.57 Å². The first kappa shape index (κ1) is 12.1. The maximum Gasteiger partial charge on any atom is 0.0129 e. The lowest BCUT2D eigenvalue weighted by atomic mass is 9.54. The van der Waals surface area contributed by atoms with Gasteiger partial charge in [0.05, 0.1) is 0 Å². The summed E-state index contributed by atoms with van der Waals surface area (Å²) in [5.41, 5.74) is 2.27. The molecular weight excluding hydrogens is 226 g/mol. The molecular formula is C15H25NS. The summed E-state index contributed by atoms with van der Waals surface area (Å²) in [7, 11) is 2.32. The molecule has 96 valence electrons. The zero-order chi connectivity index (χ0) is 12.2. The van der Waals surface area contributed by atoms with E-state index < -0.39 is 0 Å². The zero-order valence-electron chi connectivity index (χ0n) is 11.4. The molecule has 0 bridgehead atoms. The Labute approximate surface area is 111 Å². The Kier molecular flexibility index (Phi) is 2.87. The van der Waals surface area contributed by atoms with Crippen LogP contribution >= 0.6 is 12.6 Å². The molecule has 1 saturated heterocycles. The Hall–Kier alpha value is 0.0500. The van der Waals surface area contributed by atoms with Crippen molar-refractivity contribution >= 4 is 12.6 Å². The molecule has 1 saturated carbocycles. The lowest BCUT2D eigenvalue weighted by molar-refractivity contribution is -0.0513. The van der Waals surface area contributed by atoms with Crippen LogP contribution in [-0.2, 0) is 0 Å². The van der Waals surface area contributed by atoms with Gasteiger partial charge in [-0.2, -0.15) is 0 Å². The molecule has 1 spiro atoms. The fourth-order valence-corrected chi connectivity index (χ4v) is 5.43. The van der Waals surface area contributed by atoms with E-state index in [9.17, 15) is 0 Å². The molecule has 0 aromatic carbocycles. The molecule has 0 aromatic heterocycles. The molecule has 3 atom stereocenters. The maximum absolute atomic E-state index is 4.79. The van der Waals surface area contributed by atoms with Crippen molar-refractivity contribution in [1.29, 1.82) is 0 Å². The summed E-state index contributed by atoms with van der Waals surface area (Å²) in [6.07, 6.45) is 6.88. The summed E-state index contributed by atoms with van der Waals surface area (Å²) >= 11 is 4.79. The predicted octanol–water partition coefficient (Wildman–Crippen LogP) is 3.72. The van der Waals surface area contributed by atoms with Crippen molar-refractivity contribution in [2.75, 3.05) is 13.6 Å². The van der Waals surface area contributed by atoms with E-state index in [1.807, 2.05) is 0 Å². The number of allylic oxidation sites excluding steroid dienone is 2. The lowest BCUT2D eigenvalue weighted by Gasteiger charge is -2.58. The third-order valence-corrected chi connectivity index (χ3v) is 6.12. The van der Waals surface area contributed by atoms with Gasteiger partial charge in [0.25, 0.3) is 0 Å². The summed E-state index contributed by atoms with van der Waals surface area (Å²) in [4.78, 5) is 4.03. The largest absolute Gasteiger partial charge is 0.303 e. The van der Waals surface area contributed by atoms with Gasteiger partial charge in [-0.3, -0.25) is 0 Å². The summed E-state index contributed by atoms with van der Waals surface area (Å²) in [5.74, 6) is 1.62. The van der Waals surface area contributed by atoms with Crippen LogP contribution in [0.25, 0.3) is 0 Å². The maximum atomic E-state index is 4.79. The van der Waals surface area contributed by atoms with Crippen LogP contribution in [0.4, 0.5) is 0 Å². The zero-order valence-corrected chi connectivity index (χ0v) is 12.3. The van der Waals surface area contributed by atoms with Crippen molar-refractivity contribution in [3.05, 3.63) is 10.5 Å². The quantitative estimate of drug-likeness (QED) is 0.695. The smallest absolute Gasteiger partial charge is 0.0129 e. The molecule has 0 radical (unpaired) electrons. The van der Waals surface area contributed by atoms with Gasteiger partial charge in [-0.05, 0) is 67.9 Å². The second-order valence-corrected chi connectivity index (χ2v) is 7.19. The predicted molar refractivity (Wildman–Crippen MR) is 76.3 cm³/mol. The van der Waals surface area contributed by atoms with Gasteiger partial charge in [-0.25, -0.2) is 0 Å². The second-order valence-electron chi connectivity index (χ2n) is 6.65. The van der Waals surface area contributed by atoms with E-state index in [1.165, 1.54) is 43.6 Å². The highest BCUT2D eigenvalue weighted by molar-refractivity contribution is 7.84. The lowest BCUT2D eigenvalue weighted by Crippen LogP contribution is -2.58. The van der Waals surface area contributed by atoms with Crippen LogP contribution < -0.4 is 0 Å². The molecule has 0 amide bonds. The third-order valence-electron chi connectivity index (χ3n) is 5.66. The van der Waals surface area contributed by atoms with E-state index in [0.717, 1.165) is 12.0 Å². The molecule has 1 nitrogen and oxygen atoms in total. The Morgan fingerprint density at radius 3 is 2.65 bits per heavy atom. The SMILES string of the molecule is CC(C)C1=C(S)CCC12CCN(C)C1CCC12. The molecule has 1 aliphatic heterocycles. The van der Waals surface area contributed by atoms with Crippen molar-refractivity contribution in [2.45, 2.75) is 52.0 Å². The first-order chi connectivity index (χ1) is 8.06. The summed E-state index contributed by atoms with van der Waals surface area (Å²) in [6.45, 7) is 6.02. The highest BCUT2D eigenvalue weighted by Gasteiger charge is 2.55. The van der Waals surface area contributed by atoms with Crippen molar-refractivity contribution in [3.63, 3.8) is 0 Å². The minimum Gasteiger partial charge on any atom is -0.303 e. The minimum absolute atomic E-state index is 0.542. The number of nitrogens with zero attached hydrogens (tertiary/aromatic N) is 1. The average molecular weight is 251 g/mol. The number of rotatable bonds is 1. The Morgan fingerprint density at radius 2 is 2.06 bits per heavy atom. The first-order valence-electron chi connectivity index (χ1n) is 7.19. The first-order valence-corrected chi connectivity index (χ1v) is 7.64. The highest BCUT2D eigenvalue weighted by Crippen LogP contribution is 2.61. The normalized spacial score (nSPS) is 42.2. The monoisotopic (exact) mass is 251 g/mol. The molecule has 3 aliphatic rings. The fourth-order valence-electron chi connectivity index (χ4n) is 4.83. The molecule has 0 aromatic rings. The number of likely N-dealkylation sites (tertiary alicyclic amines) is 1. The molecule has 2 aliphatic carbocycles. The van der Waals surface area contributed by atoms with Crippen molar-refractivity contribution < 1.29 is 0 Å². The topological polar surface area (TPSA) is 3.24 Å². The number of piperidine rings is 1.